The van der Waals surface area contributed by atoms with E-state index in [1.165, 1.54) is 4.31 Å². The Labute approximate surface area is 157 Å². The number of rotatable bonds is 5. The van der Waals surface area contributed by atoms with Gasteiger partial charge in [-0.05, 0) is 37.1 Å². The summed E-state index contributed by atoms with van der Waals surface area (Å²) in [6, 6.07) is 15.4. The van der Waals surface area contributed by atoms with Crippen LogP contribution in [-0.2, 0) is 10.0 Å². The molecular formula is C19H19N3O4S. The molecule has 1 aliphatic rings. The fourth-order valence-electron chi connectivity index (χ4n) is 3.23. The lowest BCUT2D eigenvalue weighted by Crippen LogP contribution is -2.30. The summed E-state index contributed by atoms with van der Waals surface area (Å²) >= 11 is 0. The van der Waals surface area contributed by atoms with Crippen LogP contribution in [0.1, 0.15) is 24.8 Å². The van der Waals surface area contributed by atoms with Gasteiger partial charge in [-0.15, -0.1) is 0 Å². The van der Waals surface area contributed by atoms with E-state index in [0.29, 0.717) is 30.4 Å². The Bertz CT molecular complexity index is 1020. The summed E-state index contributed by atoms with van der Waals surface area (Å²) in [4.78, 5) is 4.66. The Balaban J connectivity index is 1.63. The van der Waals surface area contributed by atoms with E-state index in [9.17, 15) is 8.42 Å². The smallest absolute Gasteiger partial charge is 0.245 e. The SMILES string of the molecule is COc1ccc(S(=O)(=O)N2CCCC2c2nc(-c3ccccc3)no2)cc1. The van der Waals surface area contributed by atoms with Crippen molar-refractivity contribution in [3.63, 3.8) is 0 Å². The maximum atomic E-state index is 13.1. The first kappa shape index (κ1) is 17.7. The molecule has 140 valence electrons. The summed E-state index contributed by atoms with van der Waals surface area (Å²) in [6.45, 7) is 0.419. The number of hydrogen-bond acceptors (Lipinski definition) is 6. The third kappa shape index (κ3) is 3.33. The molecule has 1 aliphatic heterocycles. The lowest BCUT2D eigenvalue weighted by molar-refractivity contribution is 0.290. The summed E-state index contributed by atoms with van der Waals surface area (Å²) in [5, 5.41) is 4.02. The molecule has 0 saturated carbocycles. The molecule has 2 heterocycles. The predicted octanol–water partition coefficient (Wildman–Crippen LogP) is 3.27. The van der Waals surface area contributed by atoms with Gasteiger partial charge in [-0.1, -0.05) is 35.5 Å². The topological polar surface area (TPSA) is 85.5 Å². The van der Waals surface area contributed by atoms with Crippen molar-refractivity contribution in [2.24, 2.45) is 0 Å². The summed E-state index contributed by atoms with van der Waals surface area (Å²) < 4.78 is 38.1. The maximum Gasteiger partial charge on any atom is 0.245 e. The largest absolute Gasteiger partial charge is 0.497 e. The molecule has 1 unspecified atom stereocenters. The van der Waals surface area contributed by atoms with E-state index in [4.69, 9.17) is 9.26 Å². The molecule has 1 fully saturated rings. The fraction of sp³-hybridized carbons (Fsp3) is 0.263. The van der Waals surface area contributed by atoms with E-state index in [2.05, 4.69) is 10.1 Å². The average Bonchev–Trinajstić information content (AvgIpc) is 3.38. The zero-order chi connectivity index (χ0) is 18.9. The number of benzene rings is 2. The maximum absolute atomic E-state index is 13.1. The zero-order valence-electron chi connectivity index (χ0n) is 14.8. The van der Waals surface area contributed by atoms with Crippen molar-refractivity contribution in [1.82, 2.24) is 14.4 Å². The van der Waals surface area contributed by atoms with E-state index in [0.717, 1.165) is 12.0 Å². The Morgan fingerprint density at radius 3 is 2.56 bits per heavy atom. The molecule has 0 radical (unpaired) electrons. The monoisotopic (exact) mass is 385 g/mol. The summed E-state index contributed by atoms with van der Waals surface area (Å²) in [6.07, 6.45) is 1.38. The fourth-order valence-corrected chi connectivity index (χ4v) is 4.88. The van der Waals surface area contributed by atoms with Gasteiger partial charge in [-0.3, -0.25) is 0 Å². The van der Waals surface area contributed by atoms with Gasteiger partial charge in [0.25, 0.3) is 0 Å². The van der Waals surface area contributed by atoms with Crippen molar-refractivity contribution in [2.45, 2.75) is 23.8 Å². The predicted molar refractivity (Wildman–Crippen MR) is 98.6 cm³/mol. The highest BCUT2D eigenvalue weighted by Gasteiger charge is 2.39. The second-order valence-corrected chi connectivity index (χ2v) is 8.16. The first-order chi connectivity index (χ1) is 13.1. The molecule has 0 N–H and O–H groups in total. The van der Waals surface area contributed by atoms with Crippen molar-refractivity contribution in [3.8, 4) is 17.1 Å². The van der Waals surface area contributed by atoms with Gasteiger partial charge in [-0.25, -0.2) is 8.42 Å². The minimum absolute atomic E-state index is 0.220. The van der Waals surface area contributed by atoms with Crippen LogP contribution in [0.5, 0.6) is 5.75 Å². The lowest BCUT2D eigenvalue weighted by Gasteiger charge is -2.21. The van der Waals surface area contributed by atoms with E-state index in [-0.39, 0.29) is 4.90 Å². The molecular weight excluding hydrogens is 366 g/mol. The van der Waals surface area contributed by atoms with Crippen LogP contribution in [0.25, 0.3) is 11.4 Å². The second kappa shape index (κ2) is 7.13. The number of sulfonamides is 1. The van der Waals surface area contributed by atoms with Crippen LogP contribution in [0.4, 0.5) is 0 Å². The summed E-state index contributed by atoms with van der Waals surface area (Å²) in [7, 11) is -2.12. The molecule has 1 saturated heterocycles. The van der Waals surface area contributed by atoms with Crippen molar-refractivity contribution >= 4 is 10.0 Å². The van der Waals surface area contributed by atoms with Crippen LogP contribution in [0.15, 0.2) is 64.0 Å². The molecule has 7 nitrogen and oxygen atoms in total. The third-order valence-corrected chi connectivity index (χ3v) is 6.55. The van der Waals surface area contributed by atoms with E-state index < -0.39 is 16.1 Å². The number of hydrogen-bond donors (Lipinski definition) is 0. The summed E-state index contributed by atoms with van der Waals surface area (Å²) in [5.41, 5.74) is 0.829. The van der Waals surface area contributed by atoms with Gasteiger partial charge in [0, 0.05) is 12.1 Å². The van der Waals surface area contributed by atoms with Crippen LogP contribution in [0, 0.1) is 0 Å². The molecule has 0 spiro atoms. The lowest BCUT2D eigenvalue weighted by atomic mass is 10.2. The Kier molecular flexibility index (Phi) is 4.67. The van der Waals surface area contributed by atoms with Gasteiger partial charge in [0.1, 0.15) is 11.8 Å². The van der Waals surface area contributed by atoms with E-state index in [1.54, 1.807) is 31.4 Å². The first-order valence-electron chi connectivity index (χ1n) is 8.64. The van der Waals surface area contributed by atoms with Gasteiger partial charge in [0.15, 0.2) is 0 Å². The first-order valence-corrected chi connectivity index (χ1v) is 10.1. The molecule has 0 aliphatic carbocycles. The van der Waals surface area contributed by atoms with Gasteiger partial charge in [0.2, 0.25) is 21.7 Å². The van der Waals surface area contributed by atoms with Crippen molar-refractivity contribution in [1.29, 1.82) is 0 Å². The molecule has 1 aromatic heterocycles. The minimum Gasteiger partial charge on any atom is -0.497 e. The normalized spacial score (nSPS) is 17.9. The average molecular weight is 385 g/mol. The van der Waals surface area contributed by atoms with Crippen molar-refractivity contribution in [2.75, 3.05) is 13.7 Å². The van der Waals surface area contributed by atoms with Crippen LogP contribution in [0.2, 0.25) is 0 Å². The highest BCUT2D eigenvalue weighted by molar-refractivity contribution is 7.89. The Morgan fingerprint density at radius 2 is 1.85 bits per heavy atom. The third-order valence-electron chi connectivity index (χ3n) is 4.63. The van der Waals surface area contributed by atoms with Gasteiger partial charge in [0.05, 0.1) is 12.0 Å². The molecule has 3 aromatic rings. The zero-order valence-corrected chi connectivity index (χ0v) is 15.6. The molecule has 0 amide bonds. The number of ether oxygens (including phenoxy) is 1. The molecule has 1 atom stereocenters. The van der Waals surface area contributed by atoms with Gasteiger partial charge in [-0.2, -0.15) is 9.29 Å². The molecule has 27 heavy (non-hydrogen) atoms. The standard InChI is InChI=1S/C19H19N3O4S/c1-25-15-9-11-16(12-10-15)27(23,24)22-13-5-8-17(22)19-20-18(21-26-19)14-6-3-2-4-7-14/h2-4,6-7,9-12,17H,5,8,13H2,1H3. The number of aromatic nitrogens is 2. The Morgan fingerprint density at radius 1 is 1.11 bits per heavy atom. The summed E-state index contributed by atoms with van der Waals surface area (Å²) in [5.74, 6) is 1.39. The van der Waals surface area contributed by atoms with Crippen LogP contribution in [0.3, 0.4) is 0 Å². The quantitative estimate of drug-likeness (QED) is 0.670. The van der Waals surface area contributed by atoms with Crippen molar-refractivity contribution in [3.05, 3.63) is 60.5 Å². The van der Waals surface area contributed by atoms with E-state index >= 15 is 0 Å². The molecule has 8 heteroatoms. The van der Waals surface area contributed by atoms with E-state index in [1.807, 2.05) is 30.3 Å². The van der Waals surface area contributed by atoms with Crippen LogP contribution >= 0.6 is 0 Å². The number of methoxy groups -OCH3 is 1. The minimum atomic E-state index is -3.67. The van der Waals surface area contributed by atoms with Gasteiger partial charge < -0.3 is 9.26 Å². The Hall–Kier alpha value is -2.71. The van der Waals surface area contributed by atoms with Crippen LogP contribution in [-0.4, -0.2) is 36.5 Å². The highest BCUT2D eigenvalue weighted by Crippen LogP contribution is 2.36. The highest BCUT2D eigenvalue weighted by atomic mass is 32.2. The molecule has 4 rings (SSSR count). The molecule has 0 bridgehead atoms. The van der Waals surface area contributed by atoms with Gasteiger partial charge >= 0.3 is 0 Å². The molecule has 2 aromatic carbocycles. The number of nitrogens with zero attached hydrogens (tertiary/aromatic N) is 3. The second-order valence-electron chi connectivity index (χ2n) is 6.27. The van der Waals surface area contributed by atoms with Crippen molar-refractivity contribution < 1.29 is 17.7 Å². The van der Waals surface area contributed by atoms with Crippen LogP contribution < -0.4 is 4.74 Å².